The first-order valence-electron chi connectivity index (χ1n) is 7.13. The second-order valence-electron chi connectivity index (χ2n) is 6.14. The Morgan fingerprint density at radius 3 is 2.75 bits per heavy atom. The third kappa shape index (κ3) is 2.78. The molecule has 0 aromatic carbocycles. The SMILES string of the molecule is CC1CNCCN(C2CCCC(C)C2C)C1. The number of nitrogens with one attached hydrogen (secondary N) is 1. The Balaban J connectivity index is 1.98. The summed E-state index contributed by atoms with van der Waals surface area (Å²) in [5.41, 5.74) is 0. The average Bonchev–Trinajstić information content (AvgIpc) is 2.47. The highest BCUT2D eigenvalue weighted by Gasteiger charge is 2.32. The molecule has 4 atom stereocenters. The molecule has 1 heterocycles. The van der Waals surface area contributed by atoms with Gasteiger partial charge in [-0.25, -0.2) is 0 Å². The summed E-state index contributed by atoms with van der Waals surface area (Å²) in [6.45, 7) is 12.2. The van der Waals surface area contributed by atoms with Crippen LogP contribution in [0, 0.1) is 17.8 Å². The van der Waals surface area contributed by atoms with Crippen LogP contribution in [0.15, 0.2) is 0 Å². The Kier molecular flexibility index (Phi) is 4.26. The van der Waals surface area contributed by atoms with Gasteiger partial charge in [-0.15, -0.1) is 0 Å². The van der Waals surface area contributed by atoms with E-state index in [1.54, 1.807) is 0 Å². The molecule has 0 amide bonds. The normalized spacial score (nSPS) is 42.9. The largest absolute Gasteiger partial charge is 0.315 e. The van der Waals surface area contributed by atoms with Gasteiger partial charge in [0.25, 0.3) is 0 Å². The molecular formula is C14H28N2. The van der Waals surface area contributed by atoms with Crippen LogP contribution < -0.4 is 5.32 Å². The van der Waals surface area contributed by atoms with E-state index in [1.165, 1.54) is 45.4 Å². The van der Waals surface area contributed by atoms with Crippen molar-refractivity contribution >= 4 is 0 Å². The third-order valence-electron chi connectivity index (χ3n) is 4.75. The molecule has 1 N–H and O–H groups in total. The van der Waals surface area contributed by atoms with Crippen molar-refractivity contribution in [3.05, 3.63) is 0 Å². The Morgan fingerprint density at radius 2 is 1.94 bits per heavy atom. The monoisotopic (exact) mass is 224 g/mol. The van der Waals surface area contributed by atoms with Crippen LogP contribution in [0.3, 0.4) is 0 Å². The predicted octanol–water partition coefficient (Wildman–Crippen LogP) is 2.35. The summed E-state index contributed by atoms with van der Waals surface area (Å²) in [5, 5.41) is 3.55. The van der Waals surface area contributed by atoms with Gasteiger partial charge < -0.3 is 5.32 Å². The van der Waals surface area contributed by atoms with Crippen LogP contribution in [0.1, 0.15) is 40.0 Å². The van der Waals surface area contributed by atoms with Crippen LogP contribution in [-0.2, 0) is 0 Å². The van der Waals surface area contributed by atoms with Crippen LogP contribution in [0.25, 0.3) is 0 Å². The number of hydrogen-bond donors (Lipinski definition) is 1. The summed E-state index contributed by atoms with van der Waals surface area (Å²) in [4.78, 5) is 2.77. The Morgan fingerprint density at radius 1 is 1.12 bits per heavy atom. The van der Waals surface area contributed by atoms with Crippen molar-refractivity contribution in [2.45, 2.75) is 46.1 Å². The topological polar surface area (TPSA) is 15.3 Å². The summed E-state index contributed by atoms with van der Waals surface area (Å²) < 4.78 is 0. The summed E-state index contributed by atoms with van der Waals surface area (Å²) in [6.07, 6.45) is 4.31. The zero-order chi connectivity index (χ0) is 11.5. The molecule has 2 nitrogen and oxygen atoms in total. The van der Waals surface area contributed by atoms with Crippen molar-refractivity contribution in [2.24, 2.45) is 17.8 Å². The molecule has 1 saturated heterocycles. The lowest BCUT2D eigenvalue weighted by Crippen LogP contribution is -2.46. The minimum Gasteiger partial charge on any atom is -0.315 e. The van der Waals surface area contributed by atoms with E-state index in [-0.39, 0.29) is 0 Å². The van der Waals surface area contributed by atoms with Crippen molar-refractivity contribution < 1.29 is 0 Å². The van der Waals surface area contributed by atoms with Crippen molar-refractivity contribution in [1.82, 2.24) is 10.2 Å². The first kappa shape index (κ1) is 12.4. The molecular weight excluding hydrogens is 196 g/mol. The minimum atomic E-state index is 0.812. The first-order valence-corrected chi connectivity index (χ1v) is 7.13. The summed E-state index contributed by atoms with van der Waals surface area (Å²) in [6, 6.07) is 0.853. The van der Waals surface area contributed by atoms with Gasteiger partial charge in [0.2, 0.25) is 0 Å². The summed E-state index contributed by atoms with van der Waals surface area (Å²) in [7, 11) is 0. The Bertz CT molecular complexity index is 217. The Labute approximate surface area is 101 Å². The third-order valence-corrected chi connectivity index (χ3v) is 4.75. The molecule has 1 aliphatic carbocycles. The van der Waals surface area contributed by atoms with E-state index in [0.717, 1.165) is 23.8 Å². The number of rotatable bonds is 1. The predicted molar refractivity (Wildman–Crippen MR) is 69.6 cm³/mol. The lowest BCUT2D eigenvalue weighted by molar-refractivity contribution is 0.0786. The fourth-order valence-electron chi connectivity index (χ4n) is 3.50. The molecule has 94 valence electrons. The molecule has 2 aliphatic rings. The molecule has 2 heteroatoms. The quantitative estimate of drug-likeness (QED) is 0.735. The minimum absolute atomic E-state index is 0.812. The maximum absolute atomic E-state index is 3.55. The van der Waals surface area contributed by atoms with E-state index in [9.17, 15) is 0 Å². The van der Waals surface area contributed by atoms with E-state index in [4.69, 9.17) is 0 Å². The van der Waals surface area contributed by atoms with Gasteiger partial charge in [0.05, 0.1) is 0 Å². The van der Waals surface area contributed by atoms with Gasteiger partial charge in [0.1, 0.15) is 0 Å². The zero-order valence-electron chi connectivity index (χ0n) is 11.2. The van der Waals surface area contributed by atoms with Gasteiger partial charge in [-0.05, 0) is 30.7 Å². The van der Waals surface area contributed by atoms with Gasteiger partial charge >= 0.3 is 0 Å². The molecule has 0 bridgehead atoms. The smallest absolute Gasteiger partial charge is 0.0124 e. The molecule has 0 spiro atoms. The van der Waals surface area contributed by atoms with Crippen LogP contribution in [0.4, 0.5) is 0 Å². The van der Waals surface area contributed by atoms with Gasteiger partial charge in [-0.2, -0.15) is 0 Å². The van der Waals surface area contributed by atoms with Gasteiger partial charge in [0.15, 0.2) is 0 Å². The maximum atomic E-state index is 3.55. The van der Waals surface area contributed by atoms with Crippen molar-refractivity contribution in [2.75, 3.05) is 26.2 Å². The van der Waals surface area contributed by atoms with Crippen molar-refractivity contribution in [3.63, 3.8) is 0 Å². The molecule has 16 heavy (non-hydrogen) atoms. The van der Waals surface area contributed by atoms with E-state index >= 15 is 0 Å². The van der Waals surface area contributed by atoms with Crippen LogP contribution >= 0.6 is 0 Å². The van der Waals surface area contributed by atoms with E-state index in [1.807, 2.05) is 0 Å². The second-order valence-corrected chi connectivity index (χ2v) is 6.14. The molecule has 0 aromatic rings. The highest BCUT2D eigenvalue weighted by atomic mass is 15.2. The fourth-order valence-corrected chi connectivity index (χ4v) is 3.50. The lowest BCUT2D eigenvalue weighted by atomic mass is 9.77. The lowest BCUT2D eigenvalue weighted by Gasteiger charge is -2.41. The van der Waals surface area contributed by atoms with Crippen molar-refractivity contribution in [3.8, 4) is 0 Å². The summed E-state index contributed by atoms with van der Waals surface area (Å²) in [5.74, 6) is 2.62. The fraction of sp³-hybridized carbons (Fsp3) is 1.00. The van der Waals surface area contributed by atoms with E-state index in [0.29, 0.717) is 0 Å². The molecule has 2 rings (SSSR count). The zero-order valence-corrected chi connectivity index (χ0v) is 11.2. The number of hydrogen-bond acceptors (Lipinski definition) is 2. The summed E-state index contributed by atoms with van der Waals surface area (Å²) >= 11 is 0. The van der Waals surface area contributed by atoms with Crippen LogP contribution in [0.2, 0.25) is 0 Å². The molecule has 0 radical (unpaired) electrons. The van der Waals surface area contributed by atoms with Gasteiger partial charge in [0, 0.05) is 25.7 Å². The molecule has 0 aromatic heterocycles. The standard InChI is InChI=1S/C14H28N2/c1-11-9-15-7-8-16(10-11)14-6-4-5-12(2)13(14)3/h11-15H,4-10H2,1-3H3. The highest BCUT2D eigenvalue weighted by Crippen LogP contribution is 2.33. The average molecular weight is 224 g/mol. The van der Waals surface area contributed by atoms with Gasteiger partial charge in [-0.3, -0.25) is 4.90 Å². The Hall–Kier alpha value is -0.0800. The molecule has 4 unspecified atom stereocenters. The highest BCUT2D eigenvalue weighted by molar-refractivity contribution is 4.86. The van der Waals surface area contributed by atoms with Crippen LogP contribution in [-0.4, -0.2) is 37.1 Å². The maximum Gasteiger partial charge on any atom is 0.0124 e. The van der Waals surface area contributed by atoms with E-state index < -0.39 is 0 Å². The molecule has 2 fully saturated rings. The van der Waals surface area contributed by atoms with Crippen LogP contribution in [0.5, 0.6) is 0 Å². The molecule has 1 aliphatic heterocycles. The first-order chi connectivity index (χ1) is 7.68. The van der Waals surface area contributed by atoms with Gasteiger partial charge in [-0.1, -0.05) is 33.6 Å². The van der Waals surface area contributed by atoms with E-state index in [2.05, 4.69) is 31.0 Å². The van der Waals surface area contributed by atoms with Crippen molar-refractivity contribution in [1.29, 1.82) is 0 Å². The molecule has 1 saturated carbocycles. The second kappa shape index (κ2) is 5.50. The number of nitrogens with zero attached hydrogens (tertiary/aromatic N) is 1.